The number of nitrogens with one attached hydrogen (secondary N) is 1. The van der Waals surface area contributed by atoms with Gasteiger partial charge in [-0.1, -0.05) is 6.92 Å². The SMILES string of the molecule is CCc1cnc(CCNC(=O)[C@H]2CCCO2)s1. The molecule has 1 atom stereocenters. The van der Waals surface area contributed by atoms with Crippen molar-refractivity contribution in [2.45, 2.75) is 38.7 Å². The number of aromatic nitrogens is 1. The monoisotopic (exact) mass is 254 g/mol. The van der Waals surface area contributed by atoms with Crippen molar-refractivity contribution in [3.05, 3.63) is 16.1 Å². The minimum atomic E-state index is -0.225. The number of hydrogen-bond acceptors (Lipinski definition) is 4. The van der Waals surface area contributed by atoms with E-state index in [1.54, 1.807) is 11.3 Å². The van der Waals surface area contributed by atoms with Crippen LogP contribution in [0.1, 0.15) is 29.7 Å². The maximum atomic E-state index is 11.6. The highest BCUT2D eigenvalue weighted by molar-refractivity contribution is 7.11. The summed E-state index contributed by atoms with van der Waals surface area (Å²) < 4.78 is 5.31. The first-order valence-electron chi connectivity index (χ1n) is 6.12. The van der Waals surface area contributed by atoms with Crippen LogP contribution in [0.3, 0.4) is 0 Å². The third kappa shape index (κ3) is 3.51. The van der Waals surface area contributed by atoms with Crippen molar-refractivity contribution < 1.29 is 9.53 Å². The van der Waals surface area contributed by atoms with Crippen molar-refractivity contribution in [3.63, 3.8) is 0 Å². The molecule has 0 aromatic carbocycles. The zero-order valence-electron chi connectivity index (χ0n) is 10.1. The minimum absolute atomic E-state index is 0.0229. The summed E-state index contributed by atoms with van der Waals surface area (Å²) in [6.45, 7) is 3.48. The molecule has 4 nitrogen and oxygen atoms in total. The van der Waals surface area contributed by atoms with E-state index in [4.69, 9.17) is 4.74 Å². The first-order chi connectivity index (χ1) is 8.29. The lowest BCUT2D eigenvalue weighted by molar-refractivity contribution is -0.129. The Kier molecular flexibility index (Phi) is 4.50. The Morgan fingerprint density at radius 2 is 2.59 bits per heavy atom. The average Bonchev–Trinajstić information content (AvgIpc) is 3.00. The molecule has 2 heterocycles. The van der Waals surface area contributed by atoms with E-state index < -0.39 is 0 Å². The van der Waals surface area contributed by atoms with Crippen LogP contribution >= 0.6 is 11.3 Å². The van der Waals surface area contributed by atoms with E-state index in [9.17, 15) is 4.79 Å². The van der Waals surface area contributed by atoms with E-state index in [1.807, 2.05) is 6.20 Å². The van der Waals surface area contributed by atoms with Crippen molar-refractivity contribution in [2.24, 2.45) is 0 Å². The van der Waals surface area contributed by atoms with Gasteiger partial charge in [-0.25, -0.2) is 4.98 Å². The number of nitrogens with zero attached hydrogens (tertiary/aromatic N) is 1. The van der Waals surface area contributed by atoms with E-state index in [2.05, 4.69) is 17.2 Å². The number of amides is 1. The van der Waals surface area contributed by atoms with Crippen molar-refractivity contribution >= 4 is 17.2 Å². The van der Waals surface area contributed by atoms with Crippen LogP contribution in [0.5, 0.6) is 0 Å². The van der Waals surface area contributed by atoms with Crippen molar-refractivity contribution in [1.82, 2.24) is 10.3 Å². The lowest BCUT2D eigenvalue weighted by Gasteiger charge is -2.09. The second kappa shape index (κ2) is 6.12. The maximum absolute atomic E-state index is 11.6. The fraction of sp³-hybridized carbons (Fsp3) is 0.667. The number of ether oxygens (including phenoxy) is 1. The predicted molar refractivity (Wildman–Crippen MR) is 67.2 cm³/mol. The Bertz CT molecular complexity index is 372. The molecule has 0 radical (unpaired) electrons. The van der Waals surface area contributed by atoms with Gasteiger partial charge in [-0.3, -0.25) is 4.79 Å². The standard InChI is InChI=1S/C12H18N2O2S/c1-2-9-8-14-11(17-9)5-6-13-12(15)10-4-3-7-16-10/h8,10H,2-7H2,1H3,(H,13,15)/t10-/m1/s1. The highest BCUT2D eigenvalue weighted by Gasteiger charge is 2.22. The molecule has 1 fully saturated rings. The molecule has 1 aliphatic rings. The highest BCUT2D eigenvalue weighted by Crippen LogP contribution is 2.14. The molecule has 5 heteroatoms. The zero-order chi connectivity index (χ0) is 12.1. The van der Waals surface area contributed by atoms with Crippen molar-refractivity contribution in [3.8, 4) is 0 Å². The summed E-state index contributed by atoms with van der Waals surface area (Å²) in [4.78, 5) is 17.3. The van der Waals surface area contributed by atoms with Gasteiger partial charge in [0.2, 0.25) is 5.91 Å². The molecular weight excluding hydrogens is 236 g/mol. The number of carbonyl (C=O) groups is 1. The predicted octanol–water partition coefficient (Wildman–Crippen LogP) is 1.54. The molecule has 0 aliphatic carbocycles. The van der Waals surface area contributed by atoms with E-state index in [0.717, 1.165) is 30.7 Å². The number of rotatable bonds is 5. The van der Waals surface area contributed by atoms with Crippen LogP contribution in [0, 0.1) is 0 Å². The van der Waals surface area contributed by atoms with Gasteiger partial charge in [0.25, 0.3) is 0 Å². The quantitative estimate of drug-likeness (QED) is 0.867. The van der Waals surface area contributed by atoms with Gasteiger partial charge in [0, 0.05) is 30.6 Å². The highest BCUT2D eigenvalue weighted by atomic mass is 32.1. The Morgan fingerprint density at radius 3 is 3.24 bits per heavy atom. The summed E-state index contributed by atoms with van der Waals surface area (Å²) in [7, 11) is 0. The number of thiazole rings is 1. The lowest BCUT2D eigenvalue weighted by atomic mass is 10.2. The topological polar surface area (TPSA) is 51.2 Å². The molecule has 17 heavy (non-hydrogen) atoms. The second-order valence-electron chi connectivity index (χ2n) is 4.12. The molecule has 1 aromatic heterocycles. The number of aryl methyl sites for hydroxylation is 1. The lowest BCUT2D eigenvalue weighted by Crippen LogP contribution is -2.35. The molecule has 0 spiro atoms. The fourth-order valence-electron chi connectivity index (χ4n) is 1.82. The summed E-state index contributed by atoms with van der Waals surface area (Å²) in [6.07, 6.45) is 5.37. The van der Waals surface area contributed by atoms with Gasteiger partial charge in [-0.15, -0.1) is 11.3 Å². The Morgan fingerprint density at radius 1 is 1.71 bits per heavy atom. The van der Waals surface area contributed by atoms with E-state index >= 15 is 0 Å². The van der Waals surface area contributed by atoms with Crippen LogP contribution in [0.15, 0.2) is 6.20 Å². The van der Waals surface area contributed by atoms with Gasteiger partial charge in [-0.2, -0.15) is 0 Å². The third-order valence-electron chi connectivity index (χ3n) is 2.81. The third-order valence-corrected chi connectivity index (χ3v) is 4.01. The summed E-state index contributed by atoms with van der Waals surface area (Å²) in [5.41, 5.74) is 0. The van der Waals surface area contributed by atoms with Gasteiger partial charge < -0.3 is 10.1 Å². The fourth-order valence-corrected chi connectivity index (χ4v) is 2.68. The van der Waals surface area contributed by atoms with Crippen molar-refractivity contribution in [1.29, 1.82) is 0 Å². The van der Waals surface area contributed by atoms with E-state index in [1.165, 1.54) is 4.88 Å². The largest absolute Gasteiger partial charge is 0.368 e. The molecule has 0 unspecified atom stereocenters. The molecular formula is C12H18N2O2S. The Hall–Kier alpha value is -0.940. The number of carbonyl (C=O) groups excluding carboxylic acids is 1. The molecule has 0 saturated carbocycles. The summed E-state index contributed by atoms with van der Waals surface area (Å²) >= 11 is 1.72. The Balaban J connectivity index is 1.69. The first-order valence-corrected chi connectivity index (χ1v) is 6.94. The molecule has 1 saturated heterocycles. The minimum Gasteiger partial charge on any atom is -0.368 e. The molecule has 1 N–H and O–H groups in total. The van der Waals surface area contributed by atoms with Crippen LogP contribution in [-0.2, 0) is 22.4 Å². The van der Waals surface area contributed by atoms with Gasteiger partial charge in [0.15, 0.2) is 0 Å². The summed E-state index contributed by atoms with van der Waals surface area (Å²) in [6, 6.07) is 0. The van der Waals surface area contributed by atoms with Crippen LogP contribution in [0.4, 0.5) is 0 Å². The van der Waals surface area contributed by atoms with Crippen molar-refractivity contribution in [2.75, 3.05) is 13.2 Å². The van der Waals surface area contributed by atoms with Crippen LogP contribution in [0.2, 0.25) is 0 Å². The average molecular weight is 254 g/mol. The molecule has 94 valence electrons. The first kappa shape index (κ1) is 12.5. The molecule has 1 aliphatic heterocycles. The van der Waals surface area contributed by atoms with Crippen LogP contribution in [-0.4, -0.2) is 30.1 Å². The smallest absolute Gasteiger partial charge is 0.249 e. The van der Waals surface area contributed by atoms with E-state index in [0.29, 0.717) is 13.2 Å². The summed E-state index contributed by atoms with van der Waals surface area (Å²) in [5, 5.41) is 4.00. The zero-order valence-corrected chi connectivity index (χ0v) is 10.9. The van der Waals surface area contributed by atoms with Gasteiger partial charge in [-0.05, 0) is 19.3 Å². The van der Waals surface area contributed by atoms with Crippen LogP contribution in [0.25, 0.3) is 0 Å². The molecule has 1 amide bonds. The van der Waals surface area contributed by atoms with Gasteiger partial charge in [0.1, 0.15) is 6.10 Å². The Labute approximate surface area is 105 Å². The summed E-state index contributed by atoms with van der Waals surface area (Å²) in [5.74, 6) is 0.0229. The normalized spacial score (nSPS) is 19.5. The van der Waals surface area contributed by atoms with Gasteiger partial charge in [0.05, 0.1) is 5.01 Å². The molecule has 1 aromatic rings. The molecule has 2 rings (SSSR count). The van der Waals surface area contributed by atoms with Gasteiger partial charge >= 0.3 is 0 Å². The number of hydrogen-bond donors (Lipinski definition) is 1. The maximum Gasteiger partial charge on any atom is 0.249 e. The second-order valence-corrected chi connectivity index (χ2v) is 5.32. The van der Waals surface area contributed by atoms with E-state index in [-0.39, 0.29) is 12.0 Å². The van der Waals surface area contributed by atoms with Crippen LogP contribution < -0.4 is 5.32 Å². The molecule has 0 bridgehead atoms.